The molecule has 11 heteroatoms. The van der Waals surface area contributed by atoms with E-state index < -0.39 is 10.0 Å². The number of nitrogens with zero attached hydrogens (tertiary/aromatic N) is 4. The second-order valence-electron chi connectivity index (χ2n) is 9.09. The number of thiazole rings is 1. The molecule has 0 bridgehead atoms. The zero-order valence-corrected chi connectivity index (χ0v) is 21.2. The third kappa shape index (κ3) is 4.68. The summed E-state index contributed by atoms with van der Waals surface area (Å²) in [7, 11) is -3.43. The molecule has 3 heterocycles. The first kappa shape index (κ1) is 22.8. The van der Waals surface area contributed by atoms with Crippen LogP contribution in [-0.2, 0) is 10.0 Å². The van der Waals surface area contributed by atoms with Gasteiger partial charge in [0, 0.05) is 43.5 Å². The molecule has 1 saturated heterocycles. The molecule has 176 valence electrons. The van der Waals surface area contributed by atoms with E-state index in [0.717, 1.165) is 46.2 Å². The van der Waals surface area contributed by atoms with E-state index in [9.17, 15) is 8.42 Å². The third-order valence-corrected chi connectivity index (χ3v) is 9.96. The highest BCUT2D eigenvalue weighted by Crippen LogP contribution is 2.49. The van der Waals surface area contributed by atoms with Crippen LogP contribution in [0, 0.1) is 11.3 Å². The Morgan fingerprint density at radius 3 is 2.58 bits per heavy atom. The lowest BCUT2D eigenvalue weighted by molar-refractivity contribution is -0.00793. The van der Waals surface area contributed by atoms with Gasteiger partial charge < -0.3 is 10.6 Å². The van der Waals surface area contributed by atoms with Crippen molar-refractivity contribution in [2.24, 2.45) is 11.3 Å². The molecule has 0 radical (unpaired) electrons. The quantitative estimate of drug-likeness (QED) is 0.420. The van der Waals surface area contributed by atoms with Crippen molar-refractivity contribution in [2.45, 2.75) is 36.0 Å². The van der Waals surface area contributed by atoms with Crippen molar-refractivity contribution in [3.63, 3.8) is 0 Å². The van der Waals surface area contributed by atoms with Crippen LogP contribution in [0.15, 0.2) is 40.4 Å². The number of rotatable bonds is 9. The Hall–Kier alpha value is -1.95. The van der Waals surface area contributed by atoms with Gasteiger partial charge in [0.25, 0.3) is 0 Å². The lowest BCUT2D eigenvalue weighted by Crippen LogP contribution is -2.61. The van der Waals surface area contributed by atoms with E-state index >= 15 is 0 Å². The summed E-state index contributed by atoms with van der Waals surface area (Å²) in [5.41, 5.74) is 1.09. The lowest BCUT2D eigenvalue weighted by atomic mass is 9.65. The van der Waals surface area contributed by atoms with E-state index in [1.807, 2.05) is 24.7 Å². The highest BCUT2D eigenvalue weighted by molar-refractivity contribution is 7.98. The Morgan fingerprint density at radius 2 is 1.91 bits per heavy atom. The Bertz CT molecular complexity index is 1230. The lowest BCUT2D eigenvalue weighted by Gasteiger charge is -2.54. The van der Waals surface area contributed by atoms with Gasteiger partial charge in [-0.2, -0.15) is 4.31 Å². The summed E-state index contributed by atoms with van der Waals surface area (Å²) in [6, 6.07) is 5.25. The molecule has 5 rings (SSSR count). The van der Waals surface area contributed by atoms with Crippen LogP contribution in [0.2, 0.25) is 0 Å². The number of anilines is 2. The minimum absolute atomic E-state index is 0.272. The van der Waals surface area contributed by atoms with E-state index in [0.29, 0.717) is 29.9 Å². The molecule has 1 atom stereocenters. The highest BCUT2D eigenvalue weighted by Gasteiger charge is 2.51. The zero-order valence-electron chi connectivity index (χ0n) is 18.7. The molecule has 2 aromatic heterocycles. The molecule has 8 nitrogen and oxygen atoms in total. The number of nitrogens with one attached hydrogen (secondary N) is 2. The molecule has 33 heavy (non-hydrogen) atoms. The third-order valence-electron chi connectivity index (χ3n) is 6.51. The van der Waals surface area contributed by atoms with Crippen molar-refractivity contribution in [1.29, 1.82) is 0 Å². The standard InChI is InChI=1S/C22H28N6O2S3/c1-15(9-23-20-24-11-16(31-2)12-25-20)10-26-21-27-18-5-4-17(8-19(18)32-21)33(29,30)28-13-22(14-28)6-3-7-22/h4-5,8,11-12,15H,3,6-7,9-10,13-14H2,1-2H3,(H,26,27)(H,23,24,25)/t15-/m0/s1. The maximum atomic E-state index is 13.0. The Labute approximate surface area is 202 Å². The second-order valence-corrected chi connectivity index (χ2v) is 12.9. The summed E-state index contributed by atoms with van der Waals surface area (Å²) in [5, 5.41) is 7.44. The zero-order chi connectivity index (χ0) is 23.1. The van der Waals surface area contributed by atoms with Gasteiger partial charge in [-0.1, -0.05) is 24.7 Å². The summed E-state index contributed by atoms with van der Waals surface area (Å²) >= 11 is 3.10. The van der Waals surface area contributed by atoms with E-state index in [-0.39, 0.29) is 5.41 Å². The smallest absolute Gasteiger partial charge is 0.243 e. The van der Waals surface area contributed by atoms with Crippen LogP contribution in [0.25, 0.3) is 10.2 Å². The average molecular weight is 505 g/mol. The van der Waals surface area contributed by atoms with Crippen molar-refractivity contribution >= 4 is 54.4 Å². The van der Waals surface area contributed by atoms with Gasteiger partial charge in [0.2, 0.25) is 16.0 Å². The van der Waals surface area contributed by atoms with Gasteiger partial charge in [0.05, 0.1) is 15.1 Å². The van der Waals surface area contributed by atoms with E-state index in [2.05, 4.69) is 32.5 Å². The van der Waals surface area contributed by atoms with E-state index in [4.69, 9.17) is 0 Å². The molecule has 3 aromatic rings. The van der Waals surface area contributed by atoms with Crippen LogP contribution in [-0.4, -0.2) is 60.1 Å². The van der Waals surface area contributed by atoms with Gasteiger partial charge in [-0.15, -0.1) is 11.8 Å². The molecule has 1 aromatic carbocycles. The van der Waals surface area contributed by atoms with Crippen molar-refractivity contribution in [3.05, 3.63) is 30.6 Å². The number of thioether (sulfide) groups is 1. The number of benzene rings is 1. The van der Waals surface area contributed by atoms with E-state index in [1.165, 1.54) is 17.8 Å². The van der Waals surface area contributed by atoms with Crippen molar-refractivity contribution in [2.75, 3.05) is 43.1 Å². The summed E-state index contributed by atoms with van der Waals surface area (Å²) in [5.74, 6) is 0.945. The Morgan fingerprint density at radius 1 is 1.18 bits per heavy atom. The van der Waals surface area contributed by atoms with Crippen LogP contribution >= 0.6 is 23.1 Å². The number of aromatic nitrogens is 3. The monoisotopic (exact) mass is 504 g/mol. The largest absolute Gasteiger partial charge is 0.361 e. The predicted molar refractivity (Wildman–Crippen MR) is 135 cm³/mol. The predicted octanol–water partition coefficient (Wildman–Crippen LogP) is 4.14. The first-order valence-corrected chi connectivity index (χ1v) is 14.6. The Balaban J connectivity index is 1.17. The van der Waals surface area contributed by atoms with Crippen molar-refractivity contribution < 1.29 is 8.42 Å². The molecule has 1 aliphatic heterocycles. The van der Waals surface area contributed by atoms with Crippen LogP contribution in [0.4, 0.5) is 11.1 Å². The summed E-state index contributed by atoms with van der Waals surface area (Å²) < 4.78 is 28.5. The van der Waals surface area contributed by atoms with Gasteiger partial charge in [-0.3, -0.25) is 0 Å². The SMILES string of the molecule is CSc1cnc(NC[C@H](C)CNc2nc3ccc(S(=O)(=O)N4CC5(CCC5)C4)cc3s2)nc1. The molecular weight excluding hydrogens is 476 g/mol. The van der Waals surface area contributed by atoms with Gasteiger partial charge >= 0.3 is 0 Å². The molecule has 2 fully saturated rings. The average Bonchev–Trinajstić information content (AvgIpc) is 3.16. The molecule has 1 saturated carbocycles. The van der Waals surface area contributed by atoms with E-state index in [1.54, 1.807) is 28.2 Å². The normalized spacial score (nSPS) is 18.6. The van der Waals surface area contributed by atoms with Crippen LogP contribution in [0.1, 0.15) is 26.2 Å². The number of hydrogen-bond donors (Lipinski definition) is 2. The molecular formula is C22H28N6O2S3. The van der Waals surface area contributed by atoms with Crippen molar-refractivity contribution in [3.8, 4) is 0 Å². The topological polar surface area (TPSA) is 100 Å². The summed E-state index contributed by atoms with van der Waals surface area (Å²) in [6.07, 6.45) is 9.17. The number of fused-ring (bicyclic) bond motifs is 1. The first-order valence-electron chi connectivity index (χ1n) is 11.1. The van der Waals surface area contributed by atoms with Gasteiger partial charge in [0.15, 0.2) is 5.13 Å². The van der Waals surface area contributed by atoms with Gasteiger partial charge in [0.1, 0.15) is 0 Å². The fourth-order valence-corrected chi connectivity index (χ4v) is 7.26. The molecule has 0 unspecified atom stereocenters. The van der Waals surface area contributed by atoms with Crippen LogP contribution in [0.3, 0.4) is 0 Å². The number of sulfonamides is 1. The molecule has 1 aliphatic carbocycles. The van der Waals surface area contributed by atoms with Crippen molar-refractivity contribution in [1.82, 2.24) is 19.3 Å². The minimum atomic E-state index is -3.43. The number of hydrogen-bond acceptors (Lipinski definition) is 9. The fourth-order valence-electron chi connectivity index (χ4n) is 4.27. The fraction of sp³-hybridized carbons (Fsp3) is 0.500. The van der Waals surface area contributed by atoms with Gasteiger partial charge in [-0.05, 0) is 48.6 Å². The highest BCUT2D eigenvalue weighted by atomic mass is 32.2. The maximum Gasteiger partial charge on any atom is 0.243 e. The first-order chi connectivity index (χ1) is 15.9. The molecule has 2 N–H and O–H groups in total. The van der Waals surface area contributed by atoms with Gasteiger partial charge in [-0.25, -0.2) is 23.4 Å². The maximum absolute atomic E-state index is 13.0. The minimum Gasteiger partial charge on any atom is -0.361 e. The second kappa shape index (κ2) is 9.01. The Kier molecular flexibility index (Phi) is 6.23. The van der Waals surface area contributed by atoms with Crippen LogP contribution < -0.4 is 10.6 Å². The molecule has 0 amide bonds. The molecule has 2 aliphatic rings. The summed E-state index contributed by atoms with van der Waals surface area (Å²) in [4.78, 5) is 14.6. The summed E-state index contributed by atoms with van der Waals surface area (Å²) in [6.45, 7) is 4.94. The molecule has 1 spiro atoms. The van der Waals surface area contributed by atoms with Crippen LogP contribution in [0.5, 0.6) is 0 Å².